The van der Waals surface area contributed by atoms with Crippen LogP contribution in [0.5, 0.6) is 5.75 Å². The number of carboxylic acid groups (broad SMARTS) is 1. The van der Waals surface area contributed by atoms with Gasteiger partial charge in [-0.25, -0.2) is 0 Å². The molecule has 38 heavy (non-hydrogen) atoms. The molecule has 2 aromatic carbocycles. The number of halogens is 1. The summed E-state index contributed by atoms with van der Waals surface area (Å²) >= 11 is 2.34. The lowest BCUT2D eigenvalue weighted by Gasteiger charge is -2.42. The Morgan fingerprint density at radius 1 is 0.974 bits per heavy atom. The highest BCUT2D eigenvalue weighted by atomic mass is 127. The van der Waals surface area contributed by atoms with Gasteiger partial charge in [-0.15, -0.1) is 0 Å². The Kier molecular flexibility index (Phi) is 9.47. The summed E-state index contributed by atoms with van der Waals surface area (Å²) in [6.07, 6.45) is 0.751. The third-order valence-corrected chi connectivity index (χ3v) is 15.0. The van der Waals surface area contributed by atoms with Crippen molar-refractivity contribution < 1.29 is 19.4 Å². The third-order valence-electron chi connectivity index (χ3n) is 8.07. The largest absolute Gasteiger partial charge is 0.543 e. The average molecular weight is 650 g/mol. The molecule has 0 fully saturated rings. The molecule has 0 aliphatic heterocycles. The van der Waals surface area contributed by atoms with E-state index in [4.69, 9.17) is 4.43 Å². The van der Waals surface area contributed by atoms with Crippen LogP contribution < -0.4 is 4.43 Å². The lowest BCUT2D eigenvalue weighted by Crippen LogP contribution is -2.50. The van der Waals surface area contributed by atoms with Crippen LogP contribution in [0.3, 0.4) is 0 Å². The zero-order valence-electron chi connectivity index (χ0n) is 24.3. The van der Waals surface area contributed by atoms with Crippen LogP contribution in [-0.2, 0) is 11.2 Å². The second-order valence-corrected chi connectivity index (χ2v) is 18.9. The van der Waals surface area contributed by atoms with Gasteiger partial charge in [0.1, 0.15) is 5.75 Å². The van der Waals surface area contributed by atoms with Crippen molar-refractivity contribution in [2.75, 3.05) is 6.61 Å². The number of aliphatic hydroxyl groups excluding tert-OH is 1. The van der Waals surface area contributed by atoms with Gasteiger partial charge in [0.25, 0.3) is 8.32 Å². The Morgan fingerprint density at radius 2 is 1.58 bits per heavy atom. The van der Waals surface area contributed by atoms with Crippen LogP contribution in [0.1, 0.15) is 79.4 Å². The number of H-pyrrole nitrogens is 1. The Hall–Kier alpha value is -1.84. The molecule has 0 saturated carbocycles. The fourth-order valence-corrected chi connectivity index (χ4v) is 11.9. The van der Waals surface area contributed by atoms with Gasteiger partial charge in [-0.05, 0) is 104 Å². The number of aliphatic hydroxyl groups is 1. The van der Waals surface area contributed by atoms with Crippen molar-refractivity contribution in [2.24, 2.45) is 5.41 Å². The molecule has 0 bridgehead atoms. The van der Waals surface area contributed by atoms with Crippen LogP contribution in [0.25, 0.3) is 22.0 Å². The summed E-state index contributed by atoms with van der Waals surface area (Å²) in [5, 5.41) is 20.9. The number of fused-ring (bicyclic) bond motifs is 1. The van der Waals surface area contributed by atoms with E-state index >= 15 is 0 Å². The van der Waals surface area contributed by atoms with E-state index in [1.807, 2.05) is 12.1 Å². The van der Waals surface area contributed by atoms with Gasteiger partial charge >= 0.3 is 5.97 Å². The average Bonchev–Trinajstić information content (AvgIpc) is 3.14. The maximum atomic E-state index is 12.0. The van der Waals surface area contributed by atoms with Gasteiger partial charge in [0.05, 0.1) is 9.62 Å². The van der Waals surface area contributed by atoms with Crippen molar-refractivity contribution in [3.05, 3.63) is 51.2 Å². The Balaban J connectivity index is 2.21. The number of carboxylic acids is 1. The summed E-state index contributed by atoms with van der Waals surface area (Å²) in [5.41, 5.74) is 5.95. The van der Waals surface area contributed by atoms with Crippen LogP contribution in [0, 0.1) is 9.12 Å². The molecule has 0 saturated heterocycles. The van der Waals surface area contributed by atoms with Crippen molar-refractivity contribution in [1.82, 2.24) is 4.98 Å². The zero-order chi connectivity index (χ0) is 28.6. The molecule has 1 unspecified atom stereocenters. The van der Waals surface area contributed by atoms with Gasteiger partial charge in [0.15, 0.2) is 0 Å². The maximum absolute atomic E-state index is 12.0. The number of aromatic amines is 1. The molecular weight excluding hydrogens is 605 g/mol. The summed E-state index contributed by atoms with van der Waals surface area (Å²) in [7, 11) is -2.23. The Morgan fingerprint density at radius 3 is 2.11 bits per heavy atom. The molecule has 0 aliphatic rings. The molecule has 1 aromatic heterocycles. The SMILES string of the molecule is CC(C(=O)O)c1cc(O[Si](C(C)C)(C(C)C)C(C)C)cc(-c2ccc3[nH]c(I)c(CC(C)(C)CO)c3c2)c1. The van der Waals surface area contributed by atoms with Crippen molar-refractivity contribution >= 4 is 47.8 Å². The van der Waals surface area contributed by atoms with Crippen LogP contribution in [-0.4, -0.2) is 36.1 Å². The smallest absolute Gasteiger partial charge is 0.310 e. The standard InChI is InChI=1S/C31H44INO4Si/c1-18(2)38(19(3)4,20(5)6)37-25-13-23(21(7)30(35)36)12-24(14-25)22-10-11-28-26(15-22)27(29(32)33-28)16-31(8,9)17-34/h10-15,18-21,33-34H,16-17H2,1-9H3,(H,35,36). The minimum absolute atomic E-state index is 0.110. The van der Waals surface area contributed by atoms with Crippen LogP contribution in [0.4, 0.5) is 0 Å². The molecule has 1 heterocycles. The van der Waals surface area contributed by atoms with Gasteiger partial charge < -0.3 is 19.6 Å². The molecule has 3 aromatic rings. The van der Waals surface area contributed by atoms with E-state index in [0.29, 0.717) is 16.6 Å². The Bertz CT molecular complexity index is 1270. The molecular formula is C31H44INO4Si. The second kappa shape index (κ2) is 11.7. The molecule has 3 rings (SSSR count). The highest BCUT2D eigenvalue weighted by Crippen LogP contribution is 2.44. The van der Waals surface area contributed by atoms with Gasteiger partial charge in [0, 0.05) is 17.5 Å². The van der Waals surface area contributed by atoms with Crippen molar-refractivity contribution in [1.29, 1.82) is 0 Å². The first-order chi connectivity index (χ1) is 17.6. The van der Waals surface area contributed by atoms with E-state index in [9.17, 15) is 15.0 Å². The summed E-state index contributed by atoms with van der Waals surface area (Å²) in [5.74, 6) is -0.737. The number of nitrogens with one attached hydrogen (secondary N) is 1. The predicted molar refractivity (Wildman–Crippen MR) is 169 cm³/mol. The van der Waals surface area contributed by atoms with Gasteiger partial charge in [-0.1, -0.05) is 67.5 Å². The highest BCUT2D eigenvalue weighted by molar-refractivity contribution is 14.1. The van der Waals surface area contributed by atoms with E-state index in [1.165, 1.54) is 5.56 Å². The highest BCUT2D eigenvalue weighted by Gasteiger charge is 2.47. The molecule has 7 heteroatoms. The molecule has 0 aliphatic carbocycles. The minimum atomic E-state index is -2.23. The van der Waals surface area contributed by atoms with Gasteiger partial charge in [0.2, 0.25) is 0 Å². The second-order valence-electron chi connectivity index (χ2n) is 12.4. The van der Waals surface area contributed by atoms with Crippen LogP contribution >= 0.6 is 22.6 Å². The maximum Gasteiger partial charge on any atom is 0.310 e. The first kappa shape index (κ1) is 30.7. The number of carbonyl (C=O) groups is 1. The number of benzene rings is 2. The zero-order valence-corrected chi connectivity index (χ0v) is 27.4. The molecule has 3 N–H and O–H groups in total. The molecule has 0 radical (unpaired) electrons. The normalized spacial score (nSPS) is 13.6. The van der Waals surface area contributed by atoms with Crippen molar-refractivity contribution in [3.8, 4) is 16.9 Å². The molecule has 1 atom stereocenters. The van der Waals surface area contributed by atoms with E-state index in [-0.39, 0.29) is 12.0 Å². The van der Waals surface area contributed by atoms with Gasteiger partial charge in [-0.2, -0.15) is 0 Å². The van der Waals surface area contributed by atoms with Crippen molar-refractivity contribution in [2.45, 2.75) is 91.3 Å². The van der Waals surface area contributed by atoms with E-state index in [1.54, 1.807) is 6.92 Å². The first-order valence-corrected chi connectivity index (χ1v) is 16.8. The topological polar surface area (TPSA) is 82.5 Å². The van der Waals surface area contributed by atoms with E-state index < -0.39 is 20.2 Å². The number of hydrogen-bond acceptors (Lipinski definition) is 3. The summed E-state index contributed by atoms with van der Waals surface area (Å²) in [6.45, 7) is 19.5. The molecule has 208 valence electrons. The lowest BCUT2D eigenvalue weighted by atomic mass is 9.86. The number of aliphatic carboxylic acids is 1. The fourth-order valence-electron chi connectivity index (χ4n) is 5.90. The first-order valence-electron chi connectivity index (χ1n) is 13.6. The summed E-state index contributed by atoms with van der Waals surface area (Å²) in [6, 6.07) is 12.4. The molecule has 5 nitrogen and oxygen atoms in total. The Labute approximate surface area is 242 Å². The fraction of sp³-hybridized carbons (Fsp3) is 0.516. The summed E-state index contributed by atoms with van der Waals surface area (Å²) < 4.78 is 8.10. The monoisotopic (exact) mass is 649 g/mol. The van der Waals surface area contributed by atoms with E-state index in [0.717, 1.165) is 43.5 Å². The number of hydrogen-bond donors (Lipinski definition) is 3. The molecule has 0 amide bonds. The van der Waals surface area contributed by atoms with Crippen molar-refractivity contribution in [3.63, 3.8) is 0 Å². The van der Waals surface area contributed by atoms with E-state index in [2.05, 4.69) is 107 Å². The van der Waals surface area contributed by atoms with Crippen LogP contribution in [0.15, 0.2) is 36.4 Å². The quantitative estimate of drug-likeness (QED) is 0.143. The third kappa shape index (κ3) is 6.15. The number of aromatic nitrogens is 1. The van der Waals surface area contributed by atoms with Gasteiger partial charge in [-0.3, -0.25) is 4.79 Å². The summed E-state index contributed by atoms with van der Waals surface area (Å²) in [4.78, 5) is 15.5. The number of rotatable bonds is 11. The van der Waals surface area contributed by atoms with Crippen LogP contribution in [0.2, 0.25) is 16.6 Å². The predicted octanol–water partition coefficient (Wildman–Crippen LogP) is 8.74. The lowest BCUT2D eigenvalue weighted by molar-refractivity contribution is -0.138. The minimum Gasteiger partial charge on any atom is -0.543 e. The molecule has 0 spiro atoms.